The fourth-order valence-corrected chi connectivity index (χ4v) is 2.23. The van der Waals surface area contributed by atoms with E-state index < -0.39 is 0 Å². The van der Waals surface area contributed by atoms with E-state index in [1.54, 1.807) is 13.0 Å². The highest BCUT2D eigenvalue weighted by Gasteiger charge is 2.15. The van der Waals surface area contributed by atoms with Crippen molar-refractivity contribution in [2.45, 2.75) is 13.3 Å². The third-order valence-electron chi connectivity index (χ3n) is 2.57. The largest absolute Gasteiger partial charge is 0.374 e. The number of hydrogen-bond donors (Lipinski definition) is 1. The van der Waals surface area contributed by atoms with Crippen molar-refractivity contribution in [3.63, 3.8) is 0 Å². The van der Waals surface area contributed by atoms with Gasteiger partial charge in [0.15, 0.2) is 0 Å². The average Bonchev–Trinajstić information content (AvgIpc) is 2.28. The highest BCUT2D eigenvalue weighted by molar-refractivity contribution is 9.10. The van der Waals surface area contributed by atoms with Crippen LogP contribution in [-0.4, -0.2) is 25.1 Å². The van der Waals surface area contributed by atoms with E-state index in [0.717, 1.165) is 23.1 Å². The molecule has 6 heteroatoms. The normalized spacial score (nSPS) is 10.4. The lowest BCUT2D eigenvalue weighted by molar-refractivity contribution is -0.385. The molecule has 0 aliphatic heterocycles. The Morgan fingerprint density at radius 1 is 1.53 bits per heavy atom. The molecule has 1 rings (SSSR count). The quantitative estimate of drug-likeness (QED) is 0.670. The van der Waals surface area contributed by atoms with Crippen molar-refractivity contribution in [1.29, 1.82) is 0 Å². The number of anilines is 1. The van der Waals surface area contributed by atoms with Gasteiger partial charge in [0.25, 0.3) is 5.69 Å². The van der Waals surface area contributed by atoms with Crippen LogP contribution in [0.25, 0.3) is 0 Å². The first kappa shape index (κ1) is 13.9. The Morgan fingerprint density at radius 2 is 2.18 bits per heavy atom. The Kier molecular flexibility index (Phi) is 4.89. The number of aryl methyl sites for hydroxylation is 1. The molecule has 17 heavy (non-hydrogen) atoms. The van der Waals surface area contributed by atoms with Crippen LogP contribution < -0.4 is 10.6 Å². The molecule has 0 heterocycles. The Morgan fingerprint density at radius 3 is 2.71 bits per heavy atom. The monoisotopic (exact) mass is 301 g/mol. The zero-order valence-corrected chi connectivity index (χ0v) is 11.5. The zero-order chi connectivity index (χ0) is 13.0. The molecule has 0 saturated carbocycles. The summed E-state index contributed by atoms with van der Waals surface area (Å²) >= 11 is 3.36. The molecule has 0 aliphatic rings. The topological polar surface area (TPSA) is 72.4 Å². The van der Waals surface area contributed by atoms with E-state index in [1.165, 1.54) is 0 Å². The molecule has 2 N–H and O–H groups in total. The second-order valence-corrected chi connectivity index (χ2v) is 4.77. The number of nitrogens with two attached hydrogens (primary N) is 1. The van der Waals surface area contributed by atoms with E-state index in [-0.39, 0.29) is 10.6 Å². The summed E-state index contributed by atoms with van der Waals surface area (Å²) in [5.41, 5.74) is 7.20. The number of nitro groups is 1. The van der Waals surface area contributed by atoms with Gasteiger partial charge in [-0.2, -0.15) is 0 Å². The molecule has 94 valence electrons. The zero-order valence-electron chi connectivity index (χ0n) is 9.94. The second kappa shape index (κ2) is 5.97. The van der Waals surface area contributed by atoms with E-state index >= 15 is 0 Å². The predicted molar refractivity (Wildman–Crippen MR) is 72.5 cm³/mol. The molecule has 0 radical (unpaired) electrons. The number of hydrogen-bond acceptors (Lipinski definition) is 4. The fraction of sp³-hybridized carbons (Fsp3) is 0.455. The number of nitrogens with zero attached hydrogens (tertiary/aromatic N) is 2. The van der Waals surface area contributed by atoms with Gasteiger partial charge in [-0.1, -0.05) is 0 Å². The standard InChI is InChI=1S/C11H16BrN3O2/c1-8-6-11(14(2)5-3-4-13)9(12)7-10(8)15(16)17/h6-7H,3-5,13H2,1-2H3. The van der Waals surface area contributed by atoms with Gasteiger partial charge in [-0.05, 0) is 41.9 Å². The van der Waals surface area contributed by atoms with Crippen LogP contribution in [0.2, 0.25) is 0 Å². The lowest BCUT2D eigenvalue weighted by Gasteiger charge is -2.20. The number of halogens is 1. The van der Waals surface area contributed by atoms with Crippen LogP contribution >= 0.6 is 15.9 Å². The molecule has 0 bridgehead atoms. The summed E-state index contributed by atoms with van der Waals surface area (Å²) < 4.78 is 0.731. The van der Waals surface area contributed by atoms with Crippen molar-refractivity contribution in [3.8, 4) is 0 Å². The van der Waals surface area contributed by atoms with Crippen molar-refractivity contribution in [1.82, 2.24) is 0 Å². The molecule has 0 aliphatic carbocycles. The molecule has 0 atom stereocenters. The van der Waals surface area contributed by atoms with Crippen molar-refractivity contribution in [2.24, 2.45) is 5.73 Å². The lowest BCUT2D eigenvalue weighted by Crippen LogP contribution is -2.21. The molecular weight excluding hydrogens is 286 g/mol. The molecule has 5 nitrogen and oxygen atoms in total. The highest BCUT2D eigenvalue weighted by Crippen LogP contribution is 2.32. The van der Waals surface area contributed by atoms with E-state index in [4.69, 9.17) is 5.73 Å². The van der Waals surface area contributed by atoms with Gasteiger partial charge in [-0.15, -0.1) is 0 Å². The van der Waals surface area contributed by atoms with E-state index in [0.29, 0.717) is 12.1 Å². The first-order valence-electron chi connectivity index (χ1n) is 5.33. The summed E-state index contributed by atoms with van der Waals surface area (Å²) in [5.74, 6) is 0. The lowest BCUT2D eigenvalue weighted by atomic mass is 10.1. The average molecular weight is 302 g/mol. The second-order valence-electron chi connectivity index (χ2n) is 3.91. The number of benzene rings is 1. The van der Waals surface area contributed by atoms with Gasteiger partial charge in [0.05, 0.1) is 10.6 Å². The molecular formula is C11H16BrN3O2. The summed E-state index contributed by atoms with van der Waals surface area (Å²) in [6, 6.07) is 3.36. The number of rotatable bonds is 5. The Bertz CT molecular complexity index is 423. The van der Waals surface area contributed by atoms with Gasteiger partial charge < -0.3 is 10.6 Å². The first-order valence-corrected chi connectivity index (χ1v) is 6.12. The molecule has 1 aromatic rings. The minimum Gasteiger partial charge on any atom is -0.374 e. The highest BCUT2D eigenvalue weighted by atomic mass is 79.9. The predicted octanol–water partition coefficient (Wildman–Crippen LogP) is 2.45. The smallest absolute Gasteiger partial charge is 0.273 e. The van der Waals surface area contributed by atoms with E-state index in [2.05, 4.69) is 15.9 Å². The Hall–Kier alpha value is -1.14. The minimum absolute atomic E-state index is 0.132. The molecule has 0 fully saturated rings. The van der Waals surface area contributed by atoms with Crippen LogP contribution in [0.15, 0.2) is 16.6 Å². The van der Waals surface area contributed by atoms with E-state index in [9.17, 15) is 10.1 Å². The van der Waals surface area contributed by atoms with Crippen LogP contribution in [0.4, 0.5) is 11.4 Å². The third kappa shape index (κ3) is 3.41. The Labute approximate surface area is 109 Å². The maximum Gasteiger partial charge on any atom is 0.273 e. The van der Waals surface area contributed by atoms with Crippen molar-refractivity contribution < 1.29 is 4.92 Å². The van der Waals surface area contributed by atoms with Crippen LogP contribution in [0.1, 0.15) is 12.0 Å². The maximum absolute atomic E-state index is 10.8. The van der Waals surface area contributed by atoms with Gasteiger partial charge >= 0.3 is 0 Å². The van der Waals surface area contributed by atoms with Crippen molar-refractivity contribution >= 4 is 27.3 Å². The fourth-order valence-electron chi connectivity index (χ4n) is 1.59. The van der Waals surface area contributed by atoms with Crippen molar-refractivity contribution in [2.75, 3.05) is 25.0 Å². The Balaban J connectivity index is 3.02. The third-order valence-corrected chi connectivity index (χ3v) is 3.21. The van der Waals surface area contributed by atoms with Crippen LogP contribution in [-0.2, 0) is 0 Å². The van der Waals surface area contributed by atoms with Crippen LogP contribution in [0.3, 0.4) is 0 Å². The summed E-state index contributed by atoms with van der Waals surface area (Å²) in [4.78, 5) is 12.4. The number of nitro benzene ring substituents is 1. The summed E-state index contributed by atoms with van der Waals surface area (Å²) in [7, 11) is 1.95. The van der Waals surface area contributed by atoms with Gasteiger partial charge in [-0.25, -0.2) is 0 Å². The van der Waals surface area contributed by atoms with Crippen LogP contribution in [0, 0.1) is 17.0 Å². The SMILES string of the molecule is Cc1cc(N(C)CCCN)c(Br)cc1[N+](=O)[O-]. The van der Waals surface area contributed by atoms with Gasteiger partial charge in [0.2, 0.25) is 0 Å². The first-order chi connectivity index (χ1) is 7.97. The maximum atomic E-state index is 10.8. The molecule has 1 aromatic carbocycles. The summed E-state index contributed by atoms with van der Waals surface area (Å²) in [6.45, 7) is 3.20. The summed E-state index contributed by atoms with van der Waals surface area (Å²) in [6.07, 6.45) is 0.888. The molecule has 0 amide bonds. The van der Waals surface area contributed by atoms with Gasteiger partial charge in [0, 0.05) is 29.7 Å². The van der Waals surface area contributed by atoms with E-state index in [1.807, 2.05) is 18.0 Å². The minimum atomic E-state index is -0.371. The molecule has 0 saturated heterocycles. The van der Waals surface area contributed by atoms with Crippen molar-refractivity contribution in [3.05, 3.63) is 32.3 Å². The van der Waals surface area contributed by atoms with Gasteiger partial charge in [-0.3, -0.25) is 10.1 Å². The van der Waals surface area contributed by atoms with Crippen LogP contribution in [0.5, 0.6) is 0 Å². The molecule has 0 spiro atoms. The molecule has 0 unspecified atom stereocenters. The summed E-state index contributed by atoms with van der Waals surface area (Å²) in [5, 5.41) is 10.8. The molecule has 0 aromatic heterocycles. The van der Waals surface area contributed by atoms with Gasteiger partial charge in [0.1, 0.15) is 0 Å².